The minimum atomic E-state index is -0.589. The highest BCUT2D eigenvalue weighted by Crippen LogP contribution is 2.19. The molecular formula is C10H4Br2O4. The van der Waals surface area contributed by atoms with Crippen molar-refractivity contribution in [2.24, 2.45) is 0 Å². The van der Waals surface area contributed by atoms with Crippen molar-refractivity contribution < 1.29 is 8.83 Å². The Hall–Kier alpha value is -1.14. The second-order valence-corrected chi connectivity index (χ2v) is 4.76. The fraction of sp³-hybridized carbons (Fsp3) is 0. The Labute approximate surface area is 106 Å². The largest absolute Gasteiger partial charge is 0.430 e. The first-order valence-corrected chi connectivity index (χ1v) is 5.73. The third-order valence-electron chi connectivity index (χ3n) is 1.85. The Morgan fingerprint density at radius 2 is 1.19 bits per heavy atom. The second-order valence-electron chi connectivity index (χ2n) is 2.93. The molecule has 0 aromatic carbocycles. The summed E-state index contributed by atoms with van der Waals surface area (Å²) in [5.74, 6) is 0. The third kappa shape index (κ3) is 2.17. The molecule has 0 fully saturated rings. The first kappa shape index (κ1) is 11.3. The van der Waals surface area contributed by atoms with Crippen molar-refractivity contribution >= 4 is 31.9 Å². The molecule has 2 rings (SSSR count). The first-order chi connectivity index (χ1) is 7.58. The fourth-order valence-corrected chi connectivity index (χ4v) is 1.83. The zero-order valence-electron chi connectivity index (χ0n) is 7.70. The predicted molar refractivity (Wildman–Crippen MR) is 64.4 cm³/mol. The quantitative estimate of drug-likeness (QED) is 0.795. The van der Waals surface area contributed by atoms with Gasteiger partial charge in [0.05, 0.1) is 20.1 Å². The van der Waals surface area contributed by atoms with Gasteiger partial charge in [-0.25, -0.2) is 9.59 Å². The summed E-state index contributed by atoms with van der Waals surface area (Å²) in [6.45, 7) is 0. The SMILES string of the molecule is O=c1occ(Br)cc1-c1cc(Br)coc1=O. The van der Waals surface area contributed by atoms with Crippen LogP contribution < -0.4 is 11.3 Å². The molecule has 0 radical (unpaired) electrons. The highest BCUT2D eigenvalue weighted by molar-refractivity contribution is 9.10. The topological polar surface area (TPSA) is 60.4 Å². The fourth-order valence-electron chi connectivity index (χ4n) is 1.18. The van der Waals surface area contributed by atoms with Gasteiger partial charge in [0.25, 0.3) is 0 Å². The zero-order chi connectivity index (χ0) is 11.7. The van der Waals surface area contributed by atoms with Crippen molar-refractivity contribution in [1.82, 2.24) is 0 Å². The maximum atomic E-state index is 11.5. The lowest BCUT2D eigenvalue weighted by Crippen LogP contribution is -2.10. The van der Waals surface area contributed by atoms with E-state index in [9.17, 15) is 9.59 Å². The number of halogens is 2. The van der Waals surface area contributed by atoms with E-state index >= 15 is 0 Å². The minimum absolute atomic E-state index is 0.157. The molecule has 0 spiro atoms. The van der Waals surface area contributed by atoms with Crippen LogP contribution in [0.1, 0.15) is 0 Å². The molecule has 0 atom stereocenters. The lowest BCUT2D eigenvalue weighted by atomic mass is 10.1. The molecule has 6 heteroatoms. The van der Waals surface area contributed by atoms with Crippen molar-refractivity contribution in [2.45, 2.75) is 0 Å². The van der Waals surface area contributed by atoms with Crippen LogP contribution in [0.3, 0.4) is 0 Å². The summed E-state index contributed by atoms with van der Waals surface area (Å²) in [5.41, 5.74) is -0.865. The van der Waals surface area contributed by atoms with Crippen LogP contribution in [0.2, 0.25) is 0 Å². The van der Waals surface area contributed by atoms with Gasteiger partial charge in [-0.3, -0.25) is 0 Å². The molecule has 16 heavy (non-hydrogen) atoms. The smallest absolute Gasteiger partial charge is 0.343 e. The van der Waals surface area contributed by atoms with Crippen LogP contribution in [-0.2, 0) is 0 Å². The van der Waals surface area contributed by atoms with Crippen LogP contribution in [0, 0.1) is 0 Å². The van der Waals surface area contributed by atoms with E-state index in [2.05, 4.69) is 31.9 Å². The van der Waals surface area contributed by atoms with E-state index in [-0.39, 0.29) is 11.1 Å². The Morgan fingerprint density at radius 3 is 1.56 bits per heavy atom. The van der Waals surface area contributed by atoms with Crippen LogP contribution in [0.25, 0.3) is 11.1 Å². The maximum Gasteiger partial charge on any atom is 0.343 e. The van der Waals surface area contributed by atoms with Gasteiger partial charge in [-0.05, 0) is 44.0 Å². The molecule has 2 heterocycles. The molecule has 0 saturated heterocycles. The van der Waals surface area contributed by atoms with Gasteiger partial charge in [-0.1, -0.05) is 0 Å². The van der Waals surface area contributed by atoms with Gasteiger partial charge >= 0.3 is 11.3 Å². The highest BCUT2D eigenvalue weighted by Gasteiger charge is 2.11. The summed E-state index contributed by atoms with van der Waals surface area (Å²) in [6.07, 6.45) is 2.51. The average Bonchev–Trinajstić information content (AvgIpc) is 2.25. The second kappa shape index (κ2) is 4.39. The van der Waals surface area contributed by atoms with Crippen LogP contribution in [0.15, 0.2) is 52.0 Å². The molecule has 0 amide bonds. The summed E-state index contributed by atoms with van der Waals surface area (Å²) in [5, 5.41) is 0. The molecular weight excluding hydrogens is 344 g/mol. The van der Waals surface area contributed by atoms with Crippen molar-refractivity contribution in [1.29, 1.82) is 0 Å². The maximum absolute atomic E-state index is 11.5. The van der Waals surface area contributed by atoms with E-state index in [1.807, 2.05) is 0 Å². The van der Waals surface area contributed by atoms with E-state index in [0.717, 1.165) is 0 Å². The van der Waals surface area contributed by atoms with Gasteiger partial charge in [-0.2, -0.15) is 0 Å². The van der Waals surface area contributed by atoms with Crippen LogP contribution in [0.4, 0.5) is 0 Å². The van der Waals surface area contributed by atoms with Crippen LogP contribution in [0.5, 0.6) is 0 Å². The van der Waals surface area contributed by atoms with Gasteiger partial charge in [0, 0.05) is 0 Å². The van der Waals surface area contributed by atoms with E-state index in [1.165, 1.54) is 24.7 Å². The third-order valence-corrected chi connectivity index (χ3v) is 2.68. The minimum Gasteiger partial charge on any atom is -0.430 e. The number of rotatable bonds is 1. The molecule has 0 saturated carbocycles. The number of hydrogen-bond donors (Lipinski definition) is 0. The van der Waals surface area contributed by atoms with Crippen LogP contribution >= 0.6 is 31.9 Å². The van der Waals surface area contributed by atoms with E-state index in [0.29, 0.717) is 8.95 Å². The Kier molecular flexibility index (Phi) is 3.11. The molecule has 0 bridgehead atoms. The lowest BCUT2D eigenvalue weighted by Gasteiger charge is -1.98. The van der Waals surface area contributed by atoms with Crippen molar-refractivity contribution in [3.8, 4) is 11.1 Å². The van der Waals surface area contributed by atoms with E-state index < -0.39 is 11.3 Å². The summed E-state index contributed by atoms with van der Waals surface area (Å²) < 4.78 is 10.6. The van der Waals surface area contributed by atoms with Gasteiger partial charge in [0.15, 0.2) is 0 Å². The molecule has 4 nitrogen and oxygen atoms in total. The molecule has 2 aromatic rings. The summed E-state index contributed by atoms with van der Waals surface area (Å²) in [4.78, 5) is 22.9. The monoisotopic (exact) mass is 346 g/mol. The first-order valence-electron chi connectivity index (χ1n) is 4.15. The van der Waals surface area contributed by atoms with Crippen LogP contribution in [-0.4, -0.2) is 0 Å². The molecule has 0 aliphatic carbocycles. The van der Waals surface area contributed by atoms with Gasteiger partial charge in [0.2, 0.25) is 0 Å². The Morgan fingerprint density at radius 1 is 0.812 bits per heavy atom. The van der Waals surface area contributed by atoms with Crippen molar-refractivity contribution in [3.63, 3.8) is 0 Å². The lowest BCUT2D eigenvalue weighted by molar-refractivity contribution is 0.500. The highest BCUT2D eigenvalue weighted by atomic mass is 79.9. The van der Waals surface area contributed by atoms with Gasteiger partial charge in [0.1, 0.15) is 12.5 Å². The van der Waals surface area contributed by atoms with Gasteiger partial charge in [-0.15, -0.1) is 0 Å². The van der Waals surface area contributed by atoms with Gasteiger partial charge < -0.3 is 8.83 Å². The normalized spacial score (nSPS) is 10.4. The van der Waals surface area contributed by atoms with E-state index in [1.54, 1.807) is 0 Å². The Bertz CT molecular complexity index is 584. The number of hydrogen-bond acceptors (Lipinski definition) is 4. The van der Waals surface area contributed by atoms with E-state index in [4.69, 9.17) is 8.83 Å². The van der Waals surface area contributed by atoms with Crippen molar-refractivity contribution in [3.05, 3.63) is 54.4 Å². The molecule has 0 N–H and O–H groups in total. The predicted octanol–water partition coefficient (Wildman–Crippen LogP) is 2.79. The standard InChI is InChI=1S/C10H4Br2O4/c11-5-1-7(9(13)15-3-5)8-2-6(12)4-16-10(8)14/h1-4H. The average molecular weight is 348 g/mol. The molecule has 0 aliphatic heterocycles. The van der Waals surface area contributed by atoms with Crippen molar-refractivity contribution in [2.75, 3.05) is 0 Å². The Balaban J connectivity index is 2.76. The summed E-state index contributed by atoms with van der Waals surface area (Å²) in [7, 11) is 0. The molecule has 0 aliphatic rings. The molecule has 82 valence electrons. The molecule has 0 unspecified atom stereocenters. The molecule has 2 aromatic heterocycles. The summed E-state index contributed by atoms with van der Waals surface area (Å²) >= 11 is 6.32. The summed E-state index contributed by atoms with van der Waals surface area (Å²) in [6, 6.07) is 3.01. The zero-order valence-corrected chi connectivity index (χ0v) is 10.9.